The maximum atomic E-state index is 11.2. The lowest BCUT2D eigenvalue weighted by Crippen LogP contribution is -2.35. The predicted octanol–water partition coefficient (Wildman–Crippen LogP) is 1.81. The first kappa shape index (κ1) is 12.8. The van der Waals surface area contributed by atoms with Gasteiger partial charge in [0.2, 0.25) is 0 Å². The van der Waals surface area contributed by atoms with Crippen molar-refractivity contribution in [2.24, 2.45) is 0 Å². The van der Waals surface area contributed by atoms with E-state index >= 15 is 0 Å². The molecule has 1 rings (SSSR count). The Kier molecular flexibility index (Phi) is 4.93. The van der Waals surface area contributed by atoms with E-state index in [2.05, 4.69) is 11.6 Å². The molecule has 0 aliphatic heterocycles. The van der Waals surface area contributed by atoms with Crippen molar-refractivity contribution in [3.05, 3.63) is 0 Å². The topological polar surface area (TPSA) is 38.3 Å². The highest BCUT2D eigenvalue weighted by atomic mass is 32.2. The molecule has 0 aromatic rings. The third-order valence-electron chi connectivity index (χ3n) is 2.79. The van der Waals surface area contributed by atoms with Crippen LogP contribution in [-0.4, -0.2) is 36.2 Å². The largest absolute Gasteiger partial charge is 0.466 e. The summed E-state index contributed by atoms with van der Waals surface area (Å²) in [7, 11) is 0. The number of esters is 1. The first-order valence-corrected chi connectivity index (χ1v) is 6.78. The number of ether oxygens (including phenoxy) is 1. The smallest absolute Gasteiger partial charge is 0.307 e. The van der Waals surface area contributed by atoms with Crippen molar-refractivity contribution in [2.45, 2.75) is 43.9 Å². The fourth-order valence-electron chi connectivity index (χ4n) is 1.49. The molecule has 1 N–H and O–H groups in total. The van der Waals surface area contributed by atoms with Crippen LogP contribution in [0.25, 0.3) is 0 Å². The van der Waals surface area contributed by atoms with Crippen LogP contribution in [0.5, 0.6) is 0 Å². The number of hydrogen-bond donors (Lipinski definition) is 1. The molecule has 3 nitrogen and oxygen atoms in total. The second kappa shape index (κ2) is 5.75. The summed E-state index contributed by atoms with van der Waals surface area (Å²) in [6.45, 7) is 5.35. The van der Waals surface area contributed by atoms with Crippen LogP contribution in [-0.2, 0) is 9.53 Å². The van der Waals surface area contributed by atoms with Crippen LogP contribution in [0.3, 0.4) is 0 Å². The molecule has 4 heteroatoms. The van der Waals surface area contributed by atoms with E-state index in [1.165, 1.54) is 12.8 Å². The maximum Gasteiger partial charge on any atom is 0.307 e. The lowest BCUT2D eigenvalue weighted by Gasteiger charge is -2.17. The van der Waals surface area contributed by atoms with Gasteiger partial charge in [0.1, 0.15) is 0 Å². The third kappa shape index (κ3) is 4.43. The molecule has 88 valence electrons. The molecule has 1 aliphatic rings. The number of carbonyl (C=O) groups is 1. The van der Waals surface area contributed by atoms with Gasteiger partial charge < -0.3 is 10.1 Å². The van der Waals surface area contributed by atoms with Gasteiger partial charge in [0.05, 0.1) is 13.0 Å². The molecule has 0 aromatic carbocycles. The summed E-state index contributed by atoms with van der Waals surface area (Å²) < 4.78 is 5.36. The normalized spacial score (nSPS) is 19.7. The first-order valence-electron chi connectivity index (χ1n) is 5.56. The molecule has 15 heavy (non-hydrogen) atoms. The zero-order valence-electron chi connectivity index (χ0n) is 9.84. The van der Waals surface area contributed by atoms with E-state index in [4.69, 9.17) is 4.74 Å². The number of rotatable bonds is 7. The molecule has 1 unspecified atom stereocenters. The molecule has 0 bridgehead atoms. The van der Waals surface area contributed by atoms with Crippen molar-refractivity contribution < 1.29 is 9.53 Å². The highest BCUT2D eigenvalue weighted by molar-refractivity contribution is 8.00. The monoisotopic (exact) mass is 231 g/mol. The molecule has 0 aromatic heterocycles. The van der Waals surface area contributed by atoms with Gasteiger partial charge in [-0.3, -0.25) is 4.79 Å². The molecule has 0 radical (unpaired) electrons. The first-order chi connectivity index (χ1) is 7.12. The van der Waals surface area contributed by atoms with Gasteiger partial charge in [-0.15, -0.1) is 0 Å². The Bertz CT molecular complexity index is 217. The Hall–Kier alpha value is -0.220. The summed E-state index contributed by atoms with van der Waals surface area (Å²) in [6, 6.07) is 0.216. The van der Waals surface area contributed by atoms with Crippen LogP contribution >= 0.6 is 11.8 Å². The van der Waals surface area contributed by atoms with Crippen molar-refractivity contribution in [3.8, 4) is 0 Å². The standard InChI is InChI=1S/C11H21NO2S/c1-4-14-10(13)7-9(2)12-8-11(15-3)5-6-11/h9,12H,4-8H2,1-3H3. The molecular weight excluding hydrogens is 210 g/mol. The Morgan fingerprint density at radius 1 is 1.60 bits per heavy atom. The van der Waals surface area contributed by atoms with E-state index in [0.717, 1.165) is 6.54 Å². The van der Waals surface area contributed by atoms with Gasteiger partial charge >= 0.3 is 5.97 Å². The molecule has 1 aliphatic carbocycles. The second-order valence-electron chi connectivity index (χ2n) is 4.18. The van der Waals surface area contributed by atoms with E-state index < -0.39 is 0 Å². The van der Waals surface area contributed by atoms with Crippen molar-refractivity contribution in [1.29, 1.82) is 0 Å². The highest BCUT2D eigenvalue weighted by Gasteiger charge is 2.41. The second-order valence-corrected chi connectivity index (χ2v) is 5.45. The summed E-state index contributed by atoms with van der Waals surface area (Å²) in [5.74, 6) is -0.105. The fraction of sp³-hybridized carbons (Fsp3) is 0.909. The molecule has 1 atom stereocenters. The molecule has 1 fully saturated rings. The van der Waals surface area contributed by atoms with Gasteiger partial charge in [0.15, 0.2) is 0 Å². The van der Waals surface area contributed by atoms with E-state index in [0.29, 0.717) is 17.8 Å². The number of thioether (sulfide) groups is 1. The van der Waals surface area contributed by atoms with Crippen molar-refractivity contribution in [3.63, 3.8) is 0 Å². The van der Waals surface area contributed by atoms with Crippen LogP contribution < -0.4 is 5.32 Å². The van der Waals surface area contributed by atoms with Gasteiger partial charge in [-0.2, -0.15) is 11.8 Å². The zero-order valence-corrected chi connectivity index (χ0v) is 10.7. The predicted molar refractivity (Wildman–Crippen MR) is 64.2 cm³/mol. The summed E-state index contributed by atoms with van der Waals surface area (Å²) in [6.07, 6.45) is 5.23. The molecule has 0 saturated heterocycles. The number of carbonyl (C=O) groups excluding carboxylic acids is 1. The summed E-state index contributed by atoms with van der Waals surface area (Å²) >= 11 is 1.93. The SMILES string of the molecule is CCOC(=O)CC(C)NCC1(SC)CC1. The van der Waals surface area contributed by atoms with Crippen LogP contribution in [0, 0.1) is 0 Å². The van der Waals surface area contributed by atoms with Gasteiger partial charge in [0.25, 0.3) is 0 Å². The summed E-state index contributed by atoms with van der Waals surface area (Å²) in [5, 5.41) is 3.40. The molecule has 1 saturated carbocycles. The summed E-state index contributed by atoms with van der Waals surface area (Å²) in [4.78, 5) is 11.2. The third-order valence-corrected chi connectivity index (χ3v) is 4.21. The molecule has 0 amide bonds. The van der Waals surface area contributed by atoms with Crippen LogP contribution in [0.2, 0.25) is 0 Å². The Balaban J connectivity index is 2.13. The Morgan fingerprint density at radius 3 is 2.73 bits per heavy atom. The van der Waals surface area contributed by atoms with E-state index in [9.17, 15) is 4.79 Å². The van der Waals surface area contributed by atoms with Gasteiger partial charge in [-0.1, -0.05) is 0 Å². The number of hydrogen-bond acceptors (Lipinski definition) is 4. The molecule has 0 heterocycles. The van der Waals surface area contributed by atoms with Crippen molar-refractivity contribution in [1.82, 2.24) is 5.32 Å². The summed E-state index contributed by atoms with van der Waals surface area (Å²) in [5.41, 5.74) is 0. The quantitative estimate of drug-likeness (QED) is 0.678. The zero-order chi connectivity index (χ0) is 11.3. The average molecular weight is 231 g/mol. The fourth-order valence-corrected chi connectivity index (χ4v) is 2.23. The van der Waals surface area contributed by atoms with Crippen LogP contribution in [0.1, 0.15) is 33.1 Å². The van der Waals surface area contributed by atoms with E-state index in [-0.39, 0.29) is 12.0 Å². The minimum absolute atomic E-state index is 0.105. The van der Waals surface area contributed by atoms with Crippen LogP contribution in [0.15, 0.2) is 0 Å². The van der Waals surface area contributed by atoms with E-state index in [1.54, 1.807) is 0 Å². The number of nitrogens with one attached hydrogen (secondary N) is 1. The van der Waals surface area contributed by atoms with Gasteiger partial charge in [0, 0.05) is 17.3 Å². The minimum Gasteiger partial charge on any atom is -0.466 e. The lowest BCUT2D eigenvalue weighted by molar-refractivity contribution is -0.143. The Labute approximate surface area is 96.3 Å². The van der Waals surface area contributed by atoms with Crippen LogP contribution in [0.4, 0.5) is 0 Å². The lowest BCUT2D eigenvalue weighted by atomic mass is 10.2. The molecular formula is C11H21NO2S. The minimum atomic E-state index is -0.105. The Morgan fingerprint density at radius 2 is 2.27 bits per heavy atom. The average Bonchev–Trinajstić information content (AvgIpc) is 2.96. The van der Waals surface area contributed by atoms with Crippen molar-refractivity contribution >= 4 is 17.7 Å². The molecule has 0 spiro atoms. The maximum absolute atomic E-state index is 11.2. The highest BCUT2D eigenvalue weighted by Crippen LogP contribution is 2.46. The van der Waals surface area contributed by atoms with Crippen molar-refractivity contribution in [2.75, 3.05) is 19.4 Å². The van der Waals surface area contributed by atoms with Gasteiger partial charge in [-0.25, -0.2) is 0 Å². The van der Waals surface area contributed by atoms with E-state index in [1.807, 2.05) is 25.6 Å². The van der Waals surface area contributed by atoms with Gasteiger partial charge in [-0.05, 0) is 32.9 Å².